The second-order valence-electron chi connectivity index (χ2n) is 6.67. The maximum atomic E-state index is 14.5. The highest BCUT2D eigenvalue weighted by molar-refractivity contribution is 7.92. The molecule has 0 atom stereocenters. The van der Waals surface area contributed by atoms with Crippen molar-refractivity contribution in [3.8, 4) is 5.75 Å². The number of carbonyl (C=O) groups is 1. The quantitative estimate of drug-likeness (QED) is 0.555. The standard InChI is InChI=1S/C22H20ClFN2O4S/c1-15-7-10-17(11-8-15)31(28,29)26(20-6-4-3-5-19(20)24)14-22(27)25-16-9-12-21(30-2)18(23)13-16/h3-13H,14H2,1-2H3,(H,25,27). The molecule has 9 heteroatoms. The largest absolute Gasteiger partial charge is 0.495 e. The van der Waals surface area contributed by atoms with Crippen molar-refractivity contribution < 1.29 is 22.3 Å². The molecule has 0 aliphatic rings. The van der Waals surface area contributed by atoms with Gasteiger partial charge in [0.15, 0.2) is 0 Å². The van der Waals surface area contributed by atoms with Crippen LogP contribution in [-0.4, -0.2) is 28.0 Å². The van der Waals surface area contributed by atoms with Crippen LogP contribution in [0.3, 0.4) is 0 Å². The topological polar surface area (TPSA) is 75.7 Å². The summed E-state index contributed by atoms with van der Waals surface area (Å²) >= 11 is 6.07. The zero-order valence-electron chi connectivity index (χ0n) is 16.8. The number of carbonyl (C=O) groups excluding carboxylic acids is 1. The van der Waals surface area contributed by atoms with E-state index in [2.05, 4.69) is 5.32 Å². The van der Waals surface area contributed by atoms with E-state index in [1.165, 1.54) is 43.5 Å². The number of ether oxygens (including phenoxy) is 1. The number of aryl methyl sites for hydroxylation is 1. The van der Waals surface area contributed by atoms with Crippen LogP contribution in [0.4, 0.5) is 15.8 Å². The maximum absolute atomic E-state index is 14.5. The second kappa shape index (κ2) is 9.36. The molecule has 3 aromatic carbocycles. The Bertz CT molecular complexity index is 1200. The van der Waals surface area contributed by atoms with E-state index in [1.807, 2.05) is 6.92 Å². The highest BCUT2D eigenvalue weighted by Crippen LogP contribution is 2.28. The number of halogens is 2. The third kappa shape index (κ3) is 5.15. The van der Waals surface area contributed by atoms with Crippen molar-refractivity contribution in [2.24, 2.45) is 0 Å². The summed E-state index contributed by atoms with van der Waals surface area (Å²) in [5.41, 5.74) is 0.980. The lowest BCUT2D eigenvalue weighted by atomic mass is 10.2. The summed E-state index contributed by atoms with van der Waals surface area (Å²) in [7, 11) is -2.75. The molecule has 31 heavy (non-hydrogen) atoms. The van der Waals surface area contributed by atoms with Crippen LogP contribution in [0.5, 0.6) is 5.75 Å². The second-order valence-corrected chi connectivity index (χ2v) is 8.94. The number of hydrogen-bond donors (Lipinski definition) is 1. The van der Waals surface area contributed by atoms with Gasteiger partial charge in [0.05, 0.1) is 22.7 Å². The molecule has 0 saturated heterocycles. The van der Waals surface area contributed by atoms with Gasteiger partial charge in [-0.25, -0.2) is 12.8 Å². The van der Waals surface area contributed by atoms with E-state index in [1.54, 1.807) is 24.3 Å². The fourth-order valence-corrected chi connectivity index (χ4v) is 4.55. The summed E-state index contributed by atoms with van der Waals surface area (Å²) in [6.45, 7) is 1.18. The van der Waals surface area contributed by atoms with Gasteiger partial charge in [0.1, 0.15) is 18.1 Å². The molecule has 1 N–H and O–H groups in total. The summed E-state index contributed by atoms with van der Waals surface area (Å²) < 4.78 is 46.8. The maximum Gasteiger partial charge on any atom is 0.264 e. The van der Waals surface area contributed by atoms with Crippen LogP contribution in [-0.2, 0) is 14.8 Å². The number of methoxy groups -OCH3 is 1. The van der Waals surface area contributed by atoms with E-state index in [-0.39, 0.29) is 15.6 Å². The van der Waals surface area contributed by atoms with Gasteiger partial charge in [0, 0.05) is 5.69 Å². The molecular weight excluding hydrogens is 443 g/mol. The molecule has 0 aromatic heterocycles. The van der Waals surface area contributed by atoms with Crippen LogP contribution >= 0.6 is 11.6 Å². The van der Waals surface area contributed by atoms with Crippen LogP contribution in [0.15, 0.2) is 71.6 Å². The van der Waals surface area contributed by atoms with Crippen molar-refractivity contribution in [2.75, 3.05) is 23.3 Å². The van der Waals surface area contributed by atoms with Crippen molar-refractivity contribution in [1.29, 1.82) is 0 Å². The Morgan fingerprint density at radius 2 is 1.77 bits per heavy atom. The minimum atomic E-state index is -4.21. The first-order chi connectivity index (χ1) is 14.7. The molecular formula is C22H20ClFN2O4S. The third-order valence-corrected chi connectivity index (χ3v) is 6.52. The summed E-state index contributed by atoms with van der Waals surface area (Å²) in [5.74, 6) is -1.01. The van der Waals surface area contributed by atoms with Crippen LogP contribution in [0.2, 0.25) is 5.02 Å². The number of nitrogens with zero attached hydrogens (tertiary/aromatic N) is 1. The molecule has 3 rings (SSSR count). The third-order valence-electron chi connectivity index (χ3n) is 4.45. The number of hydrogen-bond acceptors (Lipinski definition) is 4. The van der Waals surface area contributed by atoms with E-state index >= 15 is 0 Å². The molecule has 0 heterocycles. The Balaban J connectivity index is 1.94. The number of rotatable bonds is 7. The zero-order chi connectivity index (χ0) is 22.6. The molecule has 0 unspecified atom stereocenters. The number of para-hydroxylation sites is 1. The molecule has 162 valence electrons. The van der Waals surface area contributed by atoms with Crippen molar-refractivity contribution in [1.82, 2.24) is 0 Å². The highest BCUT2D eigenvalue weighted by atomic mass is 35.5. The molecule has 0 spiro atoms. The van der Waals surface area contributed by atoms with E-state index in [0.717, 1.165) is 15.9 Å². The Kier molecular flexibility index (Phi) is 6.82. The van der Waals surface area contributed by atoms with Gasteiger partial charge in [0.2, 0.25) is 5.91 Å². The molecule has 6 nitrogen and oxygen atoms in total. The lowest BCUT2D eigenvalue weighted by Crippen LogP contribution is -2.38. The molecule has 3 aromatic rings. The fourth-order valence-electron chi connectivity index (χ4n) is 2.87. The van der Waals surface area contributed by atoms with Gasteiger partial charge >= 0.3 is 0 Å². The number of sulfonamides is 1. The first kappa shape index (κ1) is 22.6. The van der Waals surface area contributed by atoms with E-state index in [9.17, 15) is 17.6 Å². The molecule has 0 bridgehead atoms. The van der Waals surface area contributed by atoms with Crippen molar-refractivity contribution >= 4 is 38.9 Å². The SMILES string of the molecule is COc1ccc(NC(=O)CN(c2ccccc2F)S(=O)(=O)c2ccc(C)cc2)cc1Cl. The number of benzene rings is 3. The van der Waals surface area contributed by atoms with Crippen LogP contribution in [0.25, 0.3) is 0 Å². The predicted molar refractivity (Wildman–Crippen MR) is 119 cm³/mol. The summed E-state index contributed by atoms with van der Waals surface area (Å²) in [4.78, 5) is 12.6. The van der Waals surface area contributed by atoms with E-state index in [4.69, 9.17) is 16.3 Å². The average molecular weight is 463 g/mol. The number of nitrogens with one attached hydrogen (secondary N) is 1. The summed E-state index contributed by atoms with van der Waals surface area (Å²) in [6, 6.07) is 16.1. The first-order valence-corrected chi connectivity index (χ1v) is 11.0. The summed E-state index contributed by atoms with van der Waals surface area (Å²) in [6.07, 6.45) is 0. The van der Waals surface area contributed by atoms with E-state index < -0.39 is 28.3 Å². The molecule has 1 amide bonds. The van der Waals surface area contributed by atoms with Crippen LogP contribution in [0, 0.1) is 12.7 Å². The predicted octanol–water partition coefficient (Wildman–Crippen LogP) is 4.63. The van der Waals surface area contributed by atoms with E-state index in [0.29, 0.717) is 11.4 Å². The van der Waals surface area contributed by atoms with Gasteiger partial charge in [0.25, 0.3) is 10.0 Å². The lowest BCUT2D eigenvalue weighted by molar-refractivity contribution is -0.114. The van der Waals surface area contributed by atoms with Crippen LogP contribution < -0.4 is 14.4 Å². The fraction of sp³-hybridized carbons (Fsp3) is 0.136. The van der Waals surface area contributed by atoms with Crippen molar-refractivity contribution in [3.63, 3.8) is 0 Å². The Morgan fingerprint density at radius 3 is 2.39 bits per heavy atom. The zero-order valence-corrected chi connectivity index (χ0v) is 18.4. The first-order valence-electron chi connectivity index (χ1n) is 9.19. The number of anilines is 2. The van der Waals surface area contributed by atoms with Gasteiger partial charge in [-0.2, -0.15) is 0 Å². The number of amides is 1. The normalized spacial score (nSPS) is 11.1. The van der Waals surface area contributed by atoms with Gasteiger partial charge < -0.3 is 10.1 Å². The monoisotopic (exact) mass is 462 g/mol. The minimum absolute atomic E-state index is 0.0540. The average Bonchev–Trinajstić information content (AvgIpc) is 2.73. The van der Waals surface area contributed by atoms with Crippen LogP contribution in [0.1, 0.15) is 5.56 Å². The van der Waals surface area contributed by atoms with Crippen molar-refractivity contribution in [2.45, 2.75) is 11.8 Å². The minimum Gasteiger partial charge on any atom is -0.495 e. The molecule has 0 aliphatic carbocycles. The molecule has 0 fully saturated rings. The molecule has 0 aliphatic heterocycles. The highest BCUT2D eigenvalue weighted by Gasteiger charge is 2.29. The van der Waals surface area contributed by atoms with Crippen molar-refractivity contribution in [3.05, 3.63) is 83.1 Å². The van der Waals surface area contributed by atoms with Gasteiger partial charge in [-0.15, -0.1) is 0 Å². The lowest BCUT2D eigenvalue weighted by Gasteiger charge is -2.24. The van der Waals surface area contributed by atoms with Gasteiger partial charge in [-0.3, -0.25) is 9.10 Å². The Morgan fingerprint density at radius 1 is 1.10 bits per heavy atom. The van der Waals surface area contributed by atoms with Gasteiger partial charge in [-0.05, 0) is 49.4 Å². The Labute approximate surface area is 185 Å². The van der Waals surface area contributed by atoms with Gasteiger partial charge in [-0.1, -0.05) is 41.4 Å². The molecule has 0 saturated carbocycles. The summed E-state index contributed by atoms with van der Waals surface area (Å²) in [5, 5.41) is 2.86. The smallest absolute Gasteiger partial charge is 0.264 e. The molecule has 0 radical (unpaired) electrons. The Hall–Kier alpha value is -3.10.